The molecule has 3 heterocycles. The van der Waals surface area contributed by atoms with Crippen molar-refractivity contribution in [3.05, 3.63) is 37.7 Å². The molecule has 2 aliphatic heterocycles. The smallest absolute Gasteiger partial charge is 0.271 e. The summed E-state index contributed by atoms with van der Waals surface area (Å²) < 4.78 is 8.65. The highest BCUT2D eigenvalue weighted by Gasteiger charge is 2.33. The van der Waals surface area contributed by atoms with Crippen LogP contribution in [0.25, 0.3) is 9.93 Å². The Hall–Kier alpha value is -1.75. The number of hydrogen-bond acceptors (Lipinski definition) is 8. The molecule has 28 heavy (non-hydrogen) atoms. The van der Waals surface area contributed by atoms with Crippen molar-refractivity contribution < 1.29 is 9.53 Å². The van der Waals surface area contributed by atoms with Gasteiger partial charge in [-0.05, 0) is 19.1 Å². The quantitative estimate of drug-likeness (QED) is 0.645. The Labute approximate surface area is 179 Å². The molecule has 0 N–H and O–H groups in total. The first-order chi connectivity index (χ1) is 13.4. The van der Waals surface area contributed by atoms with Crippen LogP contribution in [-0.2, 0) is 11.8 Å². The van der Waals surface area contributed by atoms with Crippen molar-refractivity contribution in [3.8, 4) is 5.75 Å². The number of nitrogens with zero attached hydrogens (tertiary/aromatic N) is 3. The van der Waals surface area contributed by atoms with Crippen LogP contribution in [0.1, 0.15) is 6.92 Å². The van der Waals surface area contributed by atoms with E-state index >= 15 is 0 Å². The first-order valence-electron chi connectivity index (χ1n) is 8.45. The fourth-order valence-corrected chi connectivity index (χ4v) is 7.02. The number of carbonyl (C=O) groups is 1. The first kappa shape index (κ1) is 19.6. The molecule has 0 radical (unpaired) electrons. The molecule has 10 heteroatoms. The number of thiazole rings is 1. The molecule has 2 aromatic rings. The van der Waals surface area contributed by atoms with Crippen LogP contribution in [0, 0.1) is 0 Å². The number of benzene rings is 1. The molecule has 1 fully saturated rings. The summed E-state index contributed by atoms with van der Waals surface area (Å²) in [7, 11) is 5.27. The number of hydrogen-bond donors (Lipinski definition) is 0. The Morgan fingerprint density at radius 2 is 1.93 bits per heavy atom. The number of thioether (sulfide) groups is 2. The minimum Gasteiger partial charge on any atom is -0.497 e. The number of amides is 1. The summed E-state index contributed by atoms with van der Waals surface area (Å²) in [5.41, 5.74) is 0.879. The van der Waals surface area contributed by atoms with Gasteiger partial charge in [0.15, 0.2) is 0 Å². The van der Waals surface area contributed by atoms with Crippen LogP contribution in [0.15, 0.2) is 27.9 Å². The average Bonchev–Trinajstić information content (AvgIpc) is 3.27. The van der Waals surface area contributed by atoms with E-state index in [2.05, 4.69) is 0 Å². The van der Waals surface area contributed by atoms with Crippen molar-refractivity contribution in [1.82, 2.24) is 9.47 Å². The maximum atomic E-state index is 13.0. The Bertz CT molecular complexity index is 1200. The predicted octanol–water partition coefficient (Wildman–Crippen LogP) is 1.75. The summed E-state index contributed by atoms with van der Waals surface area (Å²) in [5.74, 6) is 0.634. The van der Waals surface area contributed by atoms with Crippen molar-refractivity contribution in [2.45, 2.75) is 11.8 Å². The zero-order valence-electron chi connectivity index (χ0n) is 15.6. The van der Waals surface area contributed by atoms with E-state index in [0.717, 1.165) is 21.4 Å². The standard InChI is InChI=1S/C18H17N3O3S4/c1-5-21-15(23)13(28-18(21)25)17-20(3)14(22)12(27-17)16-19(2)10-8-9(24-4)6-7-11(10)26-16/h6-8H,5H2,1-4H3. The van der Waals surface area contributed by atoms with Gasteiger partial charge in [0.2, 0.25) is 0 Å². The molecular weight excluding hydrogens is 434 g/mol. The van der Waals surface area contributed by atoms with Crippen molar-refractivity contribution in [3.63, 3.8) is 0 Å². The van der Waals surface area contributed by atoms with Crippen LogP contribution in [0.5, 0.6) is 5.75 Å². The van der Waals surface area contributed by atoms with Crippen LogP contribution < -0.4 is 24.4 Å². The highest BCUT2D eigenvalue weighted by Crippen LogP contribution is 2.46. The maximum Gasteiger partial charge on any atom is 0.271 e. The van der Waals surface area contributed by atoms with Gasteiger partial charge in [0, 0.05) is 31.6 Å². The van der Waals surface area contributed by atoms with E-state index in [9.17, 15) is 9.59 Å². The van der Waals surface area contributed by atoms with E-state index in [1.807, 2.05) is 37.1 Å². The first-order valence-corrected chi connectivity index (χ1v) is 11.3. The van der Waals surface area contributed by atoms with E-state index in [-0.39, 0.29) is 11.5 Å². The van der Waals surface area contributed by atoms with Gasteiger partial charge in [-0.25, -0.2) is 0 Å². The zero-order valence-corrected chi connectivity index (χ0v) is 18.9. The van der Waals surface area contributed by atoms with Gasteiger partial charge in [-0.15, -0.1) is 11.3 Å². The van der Waals surface area contributed by atoms with Crippen molar-refractivity contribution in [1.29, 1.82) is 0 Å². The molecule has 0 unspecified atom stereocenters. The molecule has 1 aromatic carbocycles. The lowest BCUT2D eigenvalue weighted by Crippen LogP contribution is -2.33. The van der Waals surface area contributed by atoms with Crippen molar-refractivity contribution in [2.75, 3.05) is 25.6 Å². The number of methoxy groups -OCH3 is 1. The monoisotopic (exact) mass is 451 g/mol. The molecule has 2 aliphatic rings. The topological polar surface area (TPSA) is 54.8 Å². The number of rotatable bonds is 2. The zero-order chi connectivity index (χ0) is 20.2. The number of thiocarbonyl (C=S) groups is 1. The van der Waals surface area contributed by atoms with Gasteiger partial charge in [-0.3, -0.25) is 14.5 Å². The second kappa shape index (κ2) is 7.25. The Balaban J connectivity index is 1.92. The second-order valence-corrected chi connectivity index (χ2v) is 9.82. The van der Waals surface area contributed by atoms with Gasteiger partial charge in [0.1, 0.15) is 29.2 Å². The fourth-order valence-electron chi connectivity index (χ4n) is 3.04. The van der Waals surface area contributed by atoms with Crippen molar-refractivity contribution >= 4 is 72.9 Å². The predicted molar refractivity (Wildman–Crippen MR) is 120 cm³/mol. The number of carbonyl (C=O) groups excluding carboxylic acids is 1. The molecule has 146 valence electrons. The van der Waals surface area contributed by atoms with Crippen LogP contribution >= 0.6 is 47.1 Å². The highest BCUT2D eigenvalue weighted by atomic mass is 32.2. The fraction of sp³-hybridized carbons (Fsp3) is 0.278. The van der Waals surface area contributed by atoms with E-state index in [0.29, 0.717) is 25.0 Å². The summed E-state index contributed by atoms with van der Waals surface area (Å²) in [6.45, 7) is 2.41. The number of ether oxygens (including phenoxy) is 1. The second-order valence-electron chi connectivity index (χ2n) is 6.15. The molecule has 1 amide bonds. The van der Waals surface area contributed by atoms with E-state index in [1.165, 1.54) is 23.1 Å². The number of anilines is 1. The van der Waals surface area contributed by atoms with Gasteiger partial charge in [0.05, 0.1) is 12.8 Å². The van der Waals surface area contributed by atoms with Crippen LogP contribution in [0.2, 0.25) is 0 Å². The molecule has 0 spiro atoms. The van der Waals surface area contributed by atoms with Gasteiger partial charge < -0.3 is 14.2 Å². The summed E-state index contributed by atoms with van der Waals surface area (Å²) in [6.07, 6.45) is 0. The lowest BCUT2D eigenvalue weighted by Gasteiger charge is -2.13. The van der Waals surface area contributed by atoms with Gasteiger partial charge >= 0.3 is 0 Å². The summed E-state index contributed by atoms with van der Waals surface area (Å²) in [5, 5.41) is 0.853. The van der Waals surface area contributed by atoms with E-state index in [4.69, 9.17) is 17.0 Å². The molecule has 1 aromatic heterocycles. The summed E-state index contributed by atoms with van der Waals surface area (Å²) in [4.78, 5) is 30.8. The molecule has 0 atom stereocenters. The van der Waals surface area contributed by atoms with E-state index in [1.54, 1.807) is 35.4 Å². The third-order valence-corrected chi connectivity index (χ3v) is 8.77. The highest BCUT2D eigenvalue weighted by molar-refractivity contribution is 8.30. The van der Waals surface area contributed by atoms with Crippen LogP contribution in [0.4, 0.5) is 5.69 Å². The lowest BCUT2D eigenvalue weighted by atomic mass is 10.3. The minimum absolute atomic E-state index is 0.115. The van der Waals surface area contributed by atoms with Gasteiger partial charge in [-0.2, -0.15) is 0 Å². The third-order valence-electron chi connectivity index (χ3n) is 4.59. The lowest BCUT2D eigenvalue weighted by molar-refractivity contribution is -0.120. The Morgan fingerprint density at radius 3 is 2.57 bits per heavy atom. The van der Waals surface area contributed by atoms with Crippen LogP contribution in [0.3, 0.4) is 0 Å². The molecule has 4 rings (SSSR count). The summed E-state index contributed by atoms with van der Waals surface area (Å²) >= 11 is 9.46. The van der Waals surface area contributed by atoms with Gasteiger partial charge in [-0.1, -0.05) is 35.7 Å². The minimum atomic E-state index is -0.133. The molecule has 0 bridgehead atoms. The Morgan fingerprint density at radius 1 is 1.18 bits per heavy atom. The SMILES string of the molecule is CCN1C(=O)C(=c2sc(=C3Sc4ccc(OC)cc4N3C)c(=O)n2C)SC1=S. The molecule has 6 nitrogen and oxygen atoms in total. The molecule has 0 saturated carbocycles. The maximum absolute atomic E-state index is 13.0. The number of fused-ring (bicyclic) bond motifs is 1. The normalized spacial score (nSPS) is 20.3. The summed E-state index contributed by atoms with van der Waals surface area (Å²) in [6, 6.07) is 5.85. The average molecular weight is 452 g/mol. The number of aromatic nitrogens is 1. The van der Waals surface area contributed by atoms with Gasteiger partial charge in [0.25, 0.3) is 11.5 Å². The molecular formula is C18H17N3O3S4. The van der Waals surface area contributed by atoms with E-state index < -0.39 is 0 Å². The third kappa shape index (κ3) is 2.90. The largest absolute Gasteiger partial charge is 0.497 e. The molecule has 1 saturated heterocycles. The molecule has 0 aliphatic carbocycles. The van der Waals surface area contributed by atoms with Crippen molar-refractivity contribution in [2.24, 2.45) is 7.05 Å². The Kier molecular flexibility index (Phi) is 5.07. The van der Waals surface area contributed by atoms with Crippen LogP contribution in [-0.4, -0.2) is 40.4 Å².